The van der Waals surface area contributed by atoms with Crippen LogP contribution in [0.1, 0.15) is 19.3 Å². The number of piperidine rings is 1. The monoisotopic (exact) mass is 199 g/mol. The Bertz CT molecular complexity index is 244. The number of methoxy groups -OCH3 is 1. The van der Waals surface area contributed by atoms with Crippen LogP contribution in [-0.2, 0) is 9.53 Å². The number of aliphatic hydroxyl groups is 1. The van der Waals surface area contributed by atoms with Gasteiger partial charge in [-0.2, -0.15) is 0 Å². The topological polar surface area (TPSA) is 49.8 Å². The summed E-state index contributed by atoms with van der Waals surface area (Å²) >= 11 is 0. The average Bonchev–Trinajstić information content (AvgIpc) is 2.42. The van der Waals surface area contributed by atoms with E-state index in [0.29, 0.717) is 12.5 Å². The van der Waals surface area contributed by atoms with E-state index >= 15 is 0 Å². The highest BCUT2D eigenvalue weighted by Crippen LogP contribution is 2.38. The Hall–Kier alpha value is -0.610. The molecule has 0 aromatic carbocycles. The Morgan fingerprint density at radius 1 is 1.50 bits per heavy atom. The molecule has 2 saturated heterocycles. The van der Waals surface area contributed by atoms with Crippen LogP contribution in [0.5, 0.6) is 0 Å². The molecule has 0 unspecified atom stereocenters. The minimum absolute atomic E-state index is 0.177. The largest absolute Gasteiger partial charge is 0.469 e. The summed E-state index contributed by atoms with van der Waals surface area (Å²) in [5.41, 5.74) is 0. The average molecular weight is 199 g/mol. The summed E-state index contributed by atoms with van der Waals surface area (Å²) < 4.78 is 4.73. The fourth-order valence-corrected chi connectivity index (χ4v) is 2.89. The SMILES string of the molecule is COC(=O)[C@@H]1[C@H](O)C[C@@H]2CC[C@H]1N2C. The van der Waals surface area contributed by atoms with Crippen molar-refractivity contribution < 1.29 is 14.6 Å². The summed E-state index contributed by atoms with van der Waals surface area (Å²) in [5, 5.41) is 9.84. The first kappa shape index (κ1) is 9.93. The van der Waals surface area contributed by atoms with Crippen molar-refractivity contribution in [3.63, 3.8) is 0 Å². The normalized spacial score (nSPS) is 42.5. The number of carbonyl (C=O) groups excluding carboxylic acids is 1. The second-order valence-electron chi connectivity index (χ2n) is 4.32. The number of rotatable bonds is 1. The summed E-state index contributed by atoms with van der Waals surface area (Å²) in [6, 6.07) is 0.632. The van der Waals surface area contributed by atoms with Gasteiger partial charge in [-0.05, 0) is 26.3 Å². The molecule has 0 saturated carbocycles. The van der Waals surface area contributed by atoms with Gasteiger partial charge in [-0.1, -0.05) is 0 Å². The van der Waals surface area contributed by atoms with Crippen molar-refractivity contribution in [2.45, 2.75) is 37.5 Å². The van der Waals surface area contributed by atoms with E-state index in [1.54, 1.807) is 0 Å². The lowest BCUT2D eigenvalue weighted by atomic mass is 9.88. The first-order valence-electron chi connectivity index (χ1n) is 5.13. The fourth-order valence-electron chi connectivity index (χ4n) is 2.89. The Kier molecular flexibility index (Phi) is 2.49. The van der Waals surface area contributed by atoms with E-state index in [-0.39, 0.29) is 17.9 Å². The van der Waals surface area contributed by atoms with Gasteiger partial charge >= 0.3 is 5.97 Å². The summed E-state index contributed by atoms with van der Waals surface area (Å²) in [6.07, 6.45) is 2.27. The molecular formula is C10H17NO3. The molecule has 2 aliphatic rings. The third-order valence-corrected chi connectivity index (χ3v) is 3.71. The molecule has 14 heavy (non-hydrogen) atoms. The highest BCUT2D eigenvalue weighted by Gasteiger charge is 2.48. The molecule has 80 valence electrons. The Labute approximate surface area is 83.8 Å². The van der Waals surface area contributed by atoms with Gasteiger partial charge in [-0.15, -0.1) is 0 Å². The predicted octanol–water partition coefficient (Wildman–Crippen LogP) is 0.00300. The molecule has 4 atom stereocenters. The molecule has 1 N–H and O–H groups in total. The van der Waals surface area contributed by atoms with Crippen LogP contribution in [0.2, 0.25) is 0 Å². The number of nitrogens with zero attached hydrogens (tertiary/aromatic N) is 1. The van der Waals surface area contributed by atoms with Gasteiger partial charge in [0.1, 0.15) is 0 Å². The number of esters is 1. The van der Waals surface area contributed by atoms with Gasteiger partial charge in [0.05, 0.1) is 19.1 Å². The van der Waals surface area contributed by atoms with Crippen LogP contribution in [0.3, 0.4) is 0 Å². The van der Waals surface area contributed by atoms with Crippen LogP contribution in [0.25, 0.3) is 0 Å². The van der Waals surface area contributed by atoms with Crippen molar-refractivity contribution >= 4 is 5.97 Å². The molecule has 0 aromatic rings. The maximum atomic E-state index is 11.5. The summed E-state index contributed by atoms with van der Waals surface area (Å²) in [5.74, 6) is -0.613. The molecule has 0 spiro atoms. The van der Waals surface area contributed by atoms with Crippen molar-refractivity contribution in [2.24, 2.45) is 5.92 Å². The summed E-state index contributed by atoms with van der Waals surface area (Å²) in [7, 11) is 3.42. The Morgan fingerprint density at radius 3 is 2.86 bits per heavy atom. The number of hydrogen-bond acceptors (Lipinski definition) is 4. The lowest BCUT2D eigenvalue weighted by Crippen LogP contribution is -2.52. The van der Waals surface area contributed by atoms with Gasteiger partial charge in [-0.3, -0.25) is 9.69 Å². The van der Waals surface area contributed by atoms with Gasteiger partial charge in [0.2, 0.25) is 0 Å². The van der Waals surface area contributed by atoms with E-state index in [2.05, 4.69) is 4.90 Å². The minimum Gasteiger partial charge on any atom is -0.469 e. The lowest BCUT2D eigenvalue weighted by Gasteiger charge is -2.39. The fraction of sp³-hybridized carbons (Fsp3) is 0.900. The Balaban J connectivity index is 2.18. The van der Waals surface area contributed by atoms with Crippen LogP contribution in [0, 0.1) is 5.92 Å². The number of fused-ring (bicyclic) bond motifs is 2. The highest BCUT2D eigenvalue weighted by molar-refractivity contribution is 5.74. The number of aliphatic hydroxyl groups excluding tert-OH is 1. The van der Waals surface area contributed by atoms with Crippen molar-refractivity contribution in [1.82, 2.24) is 4.90 Å². The summed E-state index contributed by atoms with van der Waals surface area (Å²) in [6.45, 7) is 0. The van der Waals surface area contributed by atoms with E-state index in [0.717, 1.165) is 12.8 Å². The highest BCUT2D eigenvalue weighted by atomic mass is 16.5. The molecule has 2 bridgehead atoms. The molecule has 2 rings (SSSR count). The van der Waals surface area contributed by atoms with Crippen molar-refractivity contribution in [3.8, 4) is 0 Å². The van der Waals surface area contributed by atoms with E-state index in [9.17, 15) is 9.90 Å². The van der Waals surface area contributed by atoms with Crippen molar-refractivity contribution in [3.05, 3.63) is 0 Å². The number of carbonyl (C=O) groups is 1. The first-order chi connectivity index (χ1) is 6.65. The molecule has 4 nitrogen and oxygen atoms in total. The summed E-state index contributed by atoms with van der Waals surface area (Å²) in [4.78, 5) is 13.7. The van der Waals surface area contributed by atoms with Crippen LogP contribution in [-0.4, -0.2) is 48.3 Å². The molecule has 0 aromatic heterocycles. The minimum atomic E-state index is -0.517. The molecule has 2 heterocycles. The van der Waals surface area contributed by atoms with Gasteiger partial charge < -0.3 is 9.84 Å². The van der Waals surface area contributed by atoms with E-state index in [1.807, 2.05) is 7.05 Å². The van der Waals surface area contributed by atoms with E-state index < -0.39 is 6.10 Å². The quantitative estimate of drug-likeness (QED) is 0.604. The standard InChI is InChI=1S/C10H17NO3/c1-11-6-3-4-7(11)9(8(12)5-6)10(13)14-2/h6-9,12H,3-5H2,1-2H3/t6-,7+,8+,9-/m0/s1. The second-order valence-corrected chi connectivity index (χ2v) is 4.32. The van der Waals surface area contributed by atoms with Gasteiger partial charge in [0, 0.05) is 12.1 Å². The van der Waals surface area contributed by atoms with Gasteiger partial charge in [0.15, 0.2) is 0 Å². The van der Waals surface area contributed by atoms with Crippen molar-refractivity contribution in [2.75, 3.05) is 14.2 Å². The maximum Gasteiger partial charge on any atom is 0.312 e. The zero-order valence-electron chi connectivity index (χ0n) is 8.64. The van der Waals surface area contributed by atoms with E-state index in [4.69, 9.17) is 4.74 Å². The molecule has 2 aliphatic heterocycles. The third kappa shape index (κ3) is 1.33. The van der Waals surface area contributed by atoms with Gasteiger partial charge in [0.25, 0.3) is 0 Å². The smallest absolute Gasteiger partial charge is 0.312 e. The molecule has 2 fully saturated rings. The first-order valence-corrected chi connectivity index (χ1v) is 5.13. The van der Waals surface area contributed by atoms with Crippen LogP contribution >= 0.6 is 0 Å². The van der Waals surface area contributed by atoms with Gasteiger partial charge in [-0.25, -0.2) is 0 Å². The van der Waals surface area contributed by atoms with Crippen molar-refractivity contribution in [1.29, 1.82) is 0 Å². The third-order valence-electron chi connectivity index (χ3n) is 3.71. The molecule has 0 amide bonds. The van der Waals surface area contributed by atoms with Crippen LogP contribution in [0.4, 0.5) is 0 Å². The predicted molar refractivity (Wildman–Crippen MR) is 50.7 cm³/mol. The van der Waals surface area contributed by atoms with E-state index in [1.165, 1.54) is 7.11 Å². The maximum absolute atomic E-state index is 11.5. The molecular weight excluding hydrogens is 182 g/mol. The lowest BCUT2D eigenvalue weighted by molar-refractivity contribution is -0.155. The molecule has 4 heteroatoms. The second kappa shape index (κ2) is 3.51. The zero-order chi connectivity index (χ0) is 10.3. The van der Waals surface area contributed by atoms with Crippen LogP contribution < -0.4 is 0 Å². The number of ether oxygens (including phenoxy) is 1. The molecule has 0 aliphatic carbocycles. The van der Waals surface area contributed by atoms with Crippen LogP contribution in [0.15, 0.2) is 0 Å². The molecule has 0 radical (unpaired) electrons. The Morgan fingerprint density at radius 2 is 2.21 bits per heavy atom. The zero-order valence-corrected chi connectivity index (χ0v) is 8.64. The number of hydrogen-bond donors (Lipinski definition) is 1.